The molecular formula is C21H31N3O8S. The molecule has 1 atom stereocenters. The molecule has 0 bridgehead atoms. The zero-order valence-corrected chi connectivity index (χ0v) is 19.5. The summed E-state index contributed by atoms with van der Waals surface area (Å²) >= 11 is 0. The average Bonchev–Trinajstić information content (AvgIpc) is 3.34. The first-order valence-electron chi connectivity index (χ1n) is 11.2. The lowest BCUT2D eigenvalue weighted by molar-refractivity contribution is -0.386. The van der Waals surface area contributed by atoms with Gasteiger partial charge in [-0.3, -0.25) is 14.9 Å². The van der Waals surface area contributed by atoms with E-state index in [1.165, 1.54) is 16.4 Å². The fourth-order valence-electron chi connectivity index (χ4n) is 4.15. The maximum absolute atomic E-state index is 12.7. The Bertz CT molecular complexity index is 941. The molecule has 2 aliphatic heterocycles. The lowest BCUT2D eigenvalue weighted by Gasteiger charge is -2.32. The number of aliphatic hydroxyl groups excluding tert-OH is 1. The molecule has 0 spiro atoms. The van der Waals surface area contributed by atoms with Crippen LogP contribution in [0.5, 0.6) is 5.75 Å². The van der Waals surface area contributed by atoms with Gasteiger partial charge in [0.05, 0.1) is 22.3 Å². The van der Waals surface area contributed by atoms with Gasteiger partial charge in [-0.1, -0.05) is 0 Å². The van der Waals surface area contributed by atoms with Crippen molar-refractivity contribution in [2.24, 2.45) is 5.92 Å². The third-order valence-electron chi connectivity index (χ3n) is 5.94. The minimum absolute atomic E-state index is 0.0968. The number of piperidine rings is 1. The van der Waals surface area contributed by atoms with Crippen molar-refractivity contribution in [3.63, 3.8) is 0 Å². The number of sulfonamides is 1. The van der Waals surface area contributed by atoms with Crippen molar-refractivity contribution in [3.8, 4) is 5.75 Å². The Morgan fingerprint density at radius 1 is 1.24 bits per heavy atom. The molecule has 184 valence electrons. The number of ether oxygens (including phenoxy) is 2. The third-order valence-corrected chi connectivity index (χ3v) is 7.83. The number of hydrogen-bond acceptors (Lipinski definition) is 9. The van der Waals surface area contributed by atoms with Gasteiger partial charge in [-0.2, -0.15) is 4.31 Å². The summed E-state index contributed by atoms with van der Waals surface area (Å²) in [5.41, 5.74) is -0.460. The van der Waals surface area contributed by atoms with Gasteiger partial charge in [0.1, 0.15) is 12.7 Å². The second-order valence-corrected chi connectivity index (χ2v) is 10.2. The number of likely N-dealkylation sites (tertiary alicyclic amines) is 1. The van der Waals surface area contributed by atoms with Crippen LogP contribution in [0.2, 0.25) is 0 Å². The number of carbonyl (C=O) groups excluding carboxylic acids is 1. The van der Waals surface area contributed by atoms with Crippen LogP contribution in [0.1, 0.15) is 32.6 Å². The molecule has 0 saturated carbocycles. The summed E-state index contributed by atoms with van der Waals surface area (Å²) in [5, 5.41) is 21.9. The lowest BCUT2D eigenvalue weighted by atomic mass is 9.97. The van der Waals surface area contributed by atoms with Crippen molar-refractivity contribution in [2.45, 2.75) is 43.6 Å². The van der Waals surface area contributed by atoms with Gasteiger partial charge in [-0.15, -0.1) is 0 Å². The van der Waals surface area contributed by atoms with Crippen molar-refractivity contribution in [2.75, 3.05) is 45.9 Å². The number of carbonyl (C=O) groups is 1. The maximum atomic E-state index is 12.7. The van der Waals surface area contributed by atoms with Gasteiger partial charge in [0.15, 0.2) is 5.75 Å². The zero-order valence-electron chi connectivity index (χ0n) is 18.7. The molecule has 2 fully saturated rings. The van der Waals surface area contributed by atoms with E-state index < -0.39 is 26.7 Å². The van der Waals surface area contributed by atoms with E-state index in [1.807, 2.05) is 4.90 Å². The summed E-state index contributed by atoms with van der Waals surface area (Å²) in [6.45, 7) is 4.30. The Kier molecular flexibility index (Phi) is 8.63. The fourth-order valence-corrected chi connectivity index (χ4v) is 5.69. The predicted molar refractivity (Wildman–Crippen MR) is 118 cm³/mol. The Balaban J connectivity index is 1.56. The van der Waals surface area contributed by atoms with Gasteiger partial charge in [-0.25, -0.2) is 8.42 Å². The number of β-amino-alcohol motifs (C(OH)–C–C–N with tert-alkyl or cyclic N) is 1. The van der Waals surface area contributed by atoms with Crippen LogP contribution in [0, 0.1) is 16.0 Å². The predicted octanol–water partition coefficient (Wildman–Crippen LogP) is 1.39. The number of nitrogens with zero attached hydrogens (tertiary/aromatic N) is 3. The van der Waals surface area contributed by atoms with E-state index in [4.69, 9.17) is 9.47 Å². The third kappa shape index (κ3) is 6.40. The number of benzene rings is 1. The van der Waals surface area contributed by atoms with Gasteiger partial charge in [0.2, 0.25) is 10.0 Å². The topological polar surface area (TPSA) is 140 Å². The normalized spacial score (nSPS) is 19.3. The highest BCUT2D eigenvalue weighted by Gasteiger charge is 2.30. The molecule has 2 aliphatic rings. The Labute approximate surface area is 193 Å². The molecule has 0 aliphatic carbocycles. The molecule has 1 aromatic rings. The van der Waals surface area contributed by atoms with Crippen molar-refractivity contribution in [1.82, 2.24) is 9.21 Å². The SMILES string of the molecule is CCOC(=O)C1CCN(C[C@H](O)COc2ccc(S(=O)(=O)N3CCCC3)cc2[N+](=O)[O-])CC1. The van der Waals surface area contributed by atoms with Gasteiger partial charge in [0, 0.05) is 25.7 Å². The van der Waals surface area contributed by atoms with Crippen LogP contribution in [0.4, 0.5) is 5.69 Å². The first kappa shape index (κ1) is 25.3. The van der Waals surface area contributed by atoms with Crippen molar-refractivity contribution < 1.29 is 32.7 Å². The molecule has 3 rings (SSSR count). The quantitative estimate of drug-likeness (QED) is 0.296. The van der Waals surface area contributed by atoms with Crippen LogP contribution >= 0.6 is 0 Å². The van der Waals surface area contributed by atoms with Crippen molar-refractivity contribution in [1.29, 1.82) is 0 Å². The second-order valence-electron chi connectivity index (χ2n) is 8.29. The number of nitro benzene ring substituents is 1. The summed E-state index contributed by atoms with van der Waals surface area (Å²) in [4.78, 5) is 24.5. The Hall–Kier alpha value is -2.28. The molecule has 12 heteroatoms. The zero-order chi connectivity index (χ0) is 24.0. The van der Waals surface area contributed by atoms with Crippen LogP contribution in [-0.4, -0.2) is 85.7 Å². The van der Waals surface area contributed by atoms with E-state index in [0.29, 0.717) is 52.2 Å². The van der Waals surface area contributed by atoms with Crippen molar-refractivity contribution in [3.05, 3.63) is 28.3 Å². The van der Waals surface area contributed by atoms with Crippen LogP contribution in [-0.2, 0) is 19.6 Å². The van der Waals surface area contributed by atoms with Gasteiger partial charge in [-0.05, 0) is 57.8 Å². The number of hydrogen-bond donors (Lipinski definition) is 1. The van der Waals surface area contributed by atoms with Crippen LogP contribution in [0.25, 0.3) is 0 Å². The summed E-state index contributed by atoms with van der Waals surface area (Å²) in [5.74, 6) is -0.420. The minimum atomic E-state index is -3.79. The lowest BCUT2D eigenvalue weighted by Crippen LogP contribution is -2.42. The molecule has 33 heavy (non-hydrogen) atoms. The average molecular weight is 486 g/mol. The summed E-state index contributed by atoms with van der Waals surface area (Å²) in [6, 6.07) is 3.57. The number of nitro groups is 1. The van der Waals surface area contributed by atoms with E-state index in [0.717, 1.165) is 18.9 Å². The highest BCUT2D eigenvalue weighted by molar-refractivity contribution is 7.89. The molecule has 1 N–H and O–H groups in total. The molecule has 0 unspecified atom stereocenters. The number of aliphatic hydroxyl groups is 1. The molecule has 0 amide bonds. The molecular weight excluding hydrogens is 454 g/mol. The monoisotopic (exact) mass is 485 g/mol. The van der Waals surface area contributed by atoms with Crippen LogP contribution in [0.3, 0.4) is 0 Å². The molecule has 0 radical (unpaired) electrons. The van der Waals surface area contributed by atoms with Gasteiger partial charge < -0.3 is 19.5 Å². The first-order valence-corrected chi connectivity index (χ1v) is 12.6. The van der Waals surface area contributed by atoms with E-state index in [9.17, 15) is 28.4 Å². The number of rotatable bonds is 10. The smallest absolute Gasteiger partial charge is 0.312 e. The first-order chi connectivity index (χ1) is 15.7. The summed E-state index contributed by atoms with van der Waals surface area (Å²) in [6.07, 6.45) is 1.91. The molecule has 2 heterocycles. The van der Waals surface area contributed by atoms with Gasteiger partial charge in [0.25, 0.3) is 0 Å². The van der Waals surface area contributed by atoms with Crippen molar-refractivity contribution >= 4 is 21.7 Å². The van der Waals surface area contributed by atoms with E-state index >= 15 is 0 Å². The van der Waals surface area contributed by atoms with Crippen LogP contribution < -0.4 is 4.74 Å². The largest absolute Gasteiger partial charge is 0.484 e. The highest BCUT2D eigenvalue weighted by Crippen LogP contribution is 2.32. The van der Waals surface area contributed by atoms with E-state index in [-0.39, 0.29) is 29.1 Å². The highest BCUT2D eigenvalue weighted by atomic mass is 32.2. The maximum Gasteiger partial charge on any atom is 0.312 e. The number of esters is 1. The molecule has 11 nitrogen and oxygen atoms in total. The summed E-state index contributed by atoms with van der Waals surface area (Å²) in [7, 11) is -3.79. The Morgan fingerprint density at radius 2 is 1.91 bits per heavy atom. The molecule has 1 aromatic carbocycles. The van der Waals surface area contributed by atoms with E-state index in [2.05, 4.69) is 0 Å². The Morgan fingerprint density at radius 3 is 2.52 bits per heavy atom. The minimum Gasteiger partial charge on any atom is -0.484 e. The molecule has 2 saturated heterocycles. The standard InChI is InChI=1S/C21H31N3O8S/c1-2-31-21(26)16-7-11-22(12-8-16)14-17(25)15-32-20-6-5-18(13-19(20)24(27)28)33(29,30)23-9-3-4-10-23/h5-6,13,16-17,25H,2-4,7-12,14-15H2,1H3/t17-/m0/s1. The fraction of sp³-hybridized carbons (Fsp3) is 0.667. The second kappa shape index (κ2) is 11.2. The molecule has 0 aromatic heterocycles. The van der Waals surface area contributed by atoms with Gasteiger partial charge >= 0.3 is 11.7 Å². The summed E-state index contributed by atoms with van der Waals surface area (Å²) < 4.78 is 37.3. The van der Waals surface area contributed by atoms with E-state index in [1.54, 1.807) is 6.92 Å². The van der Waals surface area contributed by atoms with Crippen LogP contribution in [0.15, 0.2) is 23.1 Å².